The molecule has 0 aliphatic rings. The smallest absolute Gasteiger partial charge is 0.332 e. The predicted molar refractivity (Wildman–Crippen MR) is 67.2 cm³/mol. The molecule has 0 bridgehead atoms. The number of nitrogens with two attached hydrogens (primary N) is 1. The molecule has 2 aromatic heterocycles. The van der Waals surface area contributed by atoms with Crippen molar-refractivity contribution in [2.24, 2.45) is 0 Å². The van der Waals surface area contributed by atoms with Crippen LogP contribution in [0.1, 0.15) is 11.4 Å². The predicted octanol–water partition coefficient (Wildman–Crippen LogP) is 0.678. The zero-order valence-corrected chi connectivity index (χ0v) is 10.1. The standard InChI is InChI=1S/C10H11N7O2/c1-6-8(17(18)19)9(15-10(11)14-6)12-5-7-3-2-4-13-16-7/h2-4H,5H2,1H3,(H3,11,12,14,15). The van der Waals surface area contributed by atoms with Crippen LogP contribution in [0.5, 0.6) is 0 Å². The van der Waals surface area contributed by atoms with Crippen LogP contribution in [0.3, 0.4) is 0 Å². The van der Waals surface area contributed by atoms with Crippen LogP contribution in [-0.2, 0) is 6.54 Å². The highest BCUT2D eigenvalue weighted by molar-refractivity contribution is 5.60. The number of nitrogen functional groups attached to an aromatic ring is 1. The molecule has 9 heteroatoms. The highest BCUT2D eigenvalue weighted by atomic mass is 16.6. The van der Waals surface area contributed by atoms with Gasteiger partial charge in [-0.1, -0.05) is 0 Å². The summed E-state index contributed by atoms with van der Waals surface area (Å²) in [6, 6.07) is 3.46. The van der Waals surface area contributed by atoms with Crippen LogP contribution in [0.25, 0.3) is 0 Å². The Bertz CT molecular complexity index is 602. The Morgan fingerprint density at radius 1 is 1.47 bits per heavy atom. The molecule has 0 radical (unpaired) electrons. The van der Waals surface area contributed by atoms with Gasteiger partial charge in [0, 0.05) is 6.20 Å². The number of anilines is 2. The van der Waals surface area contributed by atoms with Gasteiger partial charge in [-0.2, -0.15) is 15.2 Å². The van der Waals surface area contributed by atoms with E-state index in [2.05, 4.69) is 25.5 Å². The third kappa shape index (κ3) is 2.89. The second kappa shape index (κ2) is 5.21. The molecule has 0 aliphatic heterocycles. The molecule has 98 valence electrons. The third-order valence-electron chi connectivity index (χ3n) is 2.32. The van der Waals surface area contributed by atoms with Gasteiger partial charge in [0.25, 0.3) is 0 Å². The number of hydrogen-bond donors (Lipinski definition) is 2. The highest BCUT2D eigenvalue weighted by Crippen LogP contribution is 2.25. The largest absolute Gasteiger partial charge is 0.368 e. The number of nitro groups is 1. The zero-order valence-electron chi connectivity index (χ0n) is 10.1. The molecule has 2 heterocycles. The lowest BCUT2D eigenvalue weighted by Gasteiger charge is -2.07. The fraction of sp³-hybridized carbons (Fsp3) is 0.200. The summed E-state index contributed by atoms with van der Waals surface area (Å²) in [6.45, 7) is 1.76. The van der Waals surface area contributed by atoms with E-state index in [9.17, 15) is 10.1 Å². The molecule has 3 N–H and O–H groups in total. The van der Waals surface area contributed by atoms with Gasteiger partial charge in [-0.3, -0.25) is 10.1 Å². The van der Waals surface area contributed by atoms with Gasteiger partial charge in [0.05, 0.1) is 17.2 Å². The summed E-state index contributed by atoms with van der Waals surface area (Å²) < 4.78 is 0. The second-order valence-electron chi connectivity index (χ2n) is 3.69. The average molecular weight is 261 g/mol. The molecule has 2 aromatic rings. The van der Waals surface area contributed by atoms with E-state index in [0.29, 0.717) is 5.69 Å². The van der Waals surface area contributed by atoms with Crippen LogP contribution < -0.4 is 11.1 Å². The van der Waals surface area contributed by atoms with Crippen LogP contribution in [-0.4, -0.2) is 25.1 Å². The van der Waals surface area contributed by atoms with E-state index in [-0.39, 0.29) is 29.7 Å². The lowest BCUT2D eigenvalue weighted by molar-refractivity contribution is -0.385. The van der Waals surface area contributed by atoms with Crippen LogP contribution in [0.4, 0.5) is 17.5 Å². The Morgan fingerprint density at radius 3 is 2.89 bits per heavy atom. The van der Waals surface area contributed by atoms with E-state index in [1.807, 2.05) is 0 Å². The van der Waals surface area contributed by atoms with Crippen molar-refractivity contribution in [3.05, 3.63) is 39.8 Å². The van der Waals surface area contributed by atoms with Crippen LogP contribution in [0.15, 0.2) is 18.3 Å². The fourth-order valence-electron chi connectivity index (χ4n) is 1.53. The molecule has 0 aliphatic carbocycles. The molecule has 0 fully saturated rings. The second-order valence-corrected chi connectivity index (χ2v) is 3.69. The number of rotatable bonds is 4. The summed E-state index contributed by atoms with van der Waals surface area (Å²) in [5.41, 5.74) is 6.13. The normalized spacial score (nSPS) is 10.2. The first-order chi connectivity index (χ1) is 9.08. The summed E-state index contributed by atoms with van der Waals surface area (Å²) >= 11 is 0. The minimum Gasteiger partial charge on any atom is -0.368 e. The maximum Gasteiger partial charge on any atom is 0.332 e. The monoisotopic (exact) mass is 261 g/mol. The van der Waals surface area contributed by atoms with Gasteiger partial charge >= 0.3 is 5.69 Å². The minimum atomic E-state index is -0.548. The van der Waals surface area contributed by atoms with Crippen molar-refractivity contribution in [3.63, 3.8) is 0 Å². The molecule has 0 spiro atoms. The fourth-order valence-corrected chi connectivity index (χ4v) is 1.53. The Balaban J connectivity index is 2.27. The molecule has 0 amide bonds. The maximum absolute atomic E-state index is 11.0. The Morgan fingerprint density at radius 2 is 2.26 bits per heavy atom. The van der Waals surface area contributed by atoms with Gasteiger partial charge in [-0.25, -0.2) is 4.98 Å². The van der Waals surface area contributed by atoms with Crippen molar-refractivity contribution < 1.29 is 4.92 Å². The number of nitrogens with zero attached hydrogens (tertiary/aromatic N) is 5. The first-order valence-electron chi connectivity index (χ1n) is 5.37. The van der Waals surface area contributed by atoms with Crippen molar-refractivity contribution >= 4 is 17.5 Å². The average Bonchev–Trinajstić information content (AvgIpc) is 2.36. The number of aryl methyl sites for hydroxylation is 1. The summed E-state index contributed by atoms with van der Waals surface area (Å²) in [5, 5.41) is 21.4. The van der Waals surface area contributed by atoms with E-state index < -0.39 is 4.92 Å². The molecule has 9 nitrogen and oxygen atoms in total. The topological polar surface area (TPSA) is 133 Å². The maximum atomic E-state index is 11.0. The van der Waals surface area contributed by atoms with Gasteiger partial charge < -0.3 is 11.1 Å². The first-order valence-corrected chi connectivity index (χ1v) is 5.37. The van der Waals surface area contributed by atoms with Crippen LogP contribution in [0.2, 0.25) is 0 Å². The van der Waals surface area contributed by atoms with E-state index in [0.717, 1.165) is 0 Å². The van der Waals surface area contributed by atoms with Crippen LogP contribution in [0, 0.1) is 17.0 Å². The molecular weight excluding hydrogens is 250 g/mol. The van der Waals surface area contributed by atoms with Gasteiger partial charge in [0.2, 0.25) is 11.8 Å². The van der Waals surface area contributed by atoms with Crippen molar-refractivity contribution in [1.82, 2.24) is 20.2 Å². The van der Waals surface area contributed by atoms with Crippen molar-refractivity contribution in [2.75, 3.05) is 11.1 Å². The number of hydrogen-bond acceptors (Lipinski definition) is 8. The van der Waals surface area contributed by atoms with Gasteiger partial charge in [0.15, 0.2) is 0 Å². The Labute approximate surface area is 108 Å². The van der Waals surface area contributed by atoms with E-state index in [1.54, 1.807) is 18.3 Å². The van der Waals surface area contributed by atoms with Crippen molar-refractivity contribution in [2.45, 2.75) is 13.5 Å². The molecule has 0 saturated carbocycles. The number of nitrogens with one attached hydrogen (secondary N) is 1. The van der Waals surface area contributed by atoms with Gasteiger partial charge in [-0.05, 0) is 19.1 Å². The summed E-state index contributed by atoms with van der Waals surface area (Å²) in [5.74, 6) is 0.0467. The highest BCUT2D eigenvalue weighted by Gasteiger charge is 2.21. The Kier molecular flexibility index (Phi) is 3.46. The minimum absolute atomic E-state index is 0.0234. The lowest BCUT2D eigenvalue weighted by Crippen LogP contribution is -2.10. The SMILES string of the molecule is Cc1nc(N)nc(NCc2cccnn2)c1[N+](=O)[O-]. The van der Waals surface area contributed by atoms with E-state index in [4.69, 9.17) is 5.73 Å². The van der Waals surface area contributed by atoms with Gasteiger partial charge in [0.1, 0.15) is 5.69 Å². The van der Waals surface area contributed by atoms with E-state index >= 15 is 0 Å². The molecular formula is C10H11N7O2. The van der Waals surface area contributed by atoms with Crippen molar-refractivity contribution in [1.29, 1.82) is 0 Å². The number of aromatic nitrogens is 4. The molecule has 0 aromatic carbocycles. The quantitative estimate of drug-likeness (QED) is 0.606. The molecule has 0 atom stereocenters. The third-order valence-corrected chi connectivity index (χ3v) is 2.32. The van der Waals surface area contributed by atoms with Crippen LogP contribution >= 0.6 is 0 Å². The van der Waals surface area contributed by atoms with E-state index in [1.165, 1.54) is 6.92 Å². The summed E-state index contributed by atoms with van der Waals surface area (Å²) in [6.07, 6.45) is 1.54. The van der Waals surface area contributed by atoms with Gasteiger partial charge in [-0.15, -0.1) is 0 Å². The Hall–Kier alpha value is -2.84. The summed E-state index contributed by atoms with van der Waals surface area (Å²) in [4.78, 5) is 18.0. The first kappa shape index (κ1) is 12.6. The summed E-state index contributed by atoms with van der Waals surface area (Å²) in [7, 11) is 0. The van der Waals surface area contributed by atoms with Crippen molar-refractivity contribution in [3.8, 4) is 0 Å². The molecule has 2 rings (SSSR count). The zero-order chi connectivity index (χ0) is 13.8. The molecule has 19 heavy (non-hydrogen) atoms. The lowest BCUT2D eigenvalue weighted by atomic mass is 10.3. The molecule has 0 unspecified atom stereocenters. The molecule has 0 saturated heterocycles.